The minimum absolute atomic E-state index is 0.167. The Hall–Kier alpha value is -1.13. The van der Waals surface area contributed by atoms with Gasteiger partial charge in [0.2, 0.25) is 0 Å². The summed E-state index contributed by atoms with van der Waals surface area (Å²) in [5.41, 5.74) is 0.311. The van der Waals surface area contributed by atoms with E-state index in [9.17, 15) is 8.78 Å². The van der Waals surface area contributed by atoms with E-state index in [2.05, 4.69) is 5.32 Å². The molecular weight excluding hydrogens is 258 g/mol. The van der Waals surface area contributed by atoms with Gasteiger partial charge in [-0.05, 0) is 31.5 Å². The molecule has 1 saturated heterocycles. The Kier molecular flexibility index (Phi) is 2.99. The molecule has 1 atom stereocenters. The number of benzene rings is 1. The first-order chi connectivity index (χ1) is 8.68. The molecule has 18 heavy (non-hydrogen) atoms. The Balaban J connectivity index is 2.15. The third-order valence-electron chi connectivity index (χ3n) is 3.50. The van der Waals surface area contributed by atoms with Crippen molar-refractivity contribution >= 4 is 22.5 Å². The summed E-state index contributed by atoms with van der Waals surface area (Å²) in [6, 6.07) is 3.42. The molecule has 1 aromatic heterocycles. The predicted molar refractivity (Wildman–Crippen MR) is 68.0 cm³/mol. The molecule has 0 bridgehead atoms. The number of nitrogens with one attached hydrogen (secondary N) is 1. The van der Waals surface area contributed by atoms with E-state index in [1.54, 1.807) is 12.3 Å². The fourth-order valence-corrected chi connectivity index (χ4v) is 2.80. The SMILES string of the molecule is Fc1c(Cl)cc2ccn([C@H]3CCCNC3)c2c1F. The van der Waals surface area contributed by atoms with Crippen LogP contribution in [0.3, 0.4) is 0 Å². The highest BCUT2D eigenvalue weighted by Crippen LogP contribution is 2.31. The van der Waals surface area contributed by atoms with Crippen LogP contribution in [0.15, 0.2) is 18.3 Å². The molecule has 0 amide bonds. The molecular formula is C13H13ClF2N2. The van der Waals surface area contributed by atoms with Crippen molar-refractivity contribution in [2.75, 3.05) is 13.1 Å². The quantitative estimate of drug-likeness (QED) is 0.785. The second-order valence-electron chi connectivity index (χ2n) is 4.65. The van der Waals surface area contributed by atoms with E-state index in [-0.39, 0.29) is 11.1 Å². The van der Waals surface area contributed by atoms with E-state index in [1.165, 1.54) is 6.07 Å². The summed E-state index contributed by atoms with van der Waals surface area (Å²) in [6.07, 6.45) is 3.82. The van der Waals surface area contributed by atoms with Crippen molar-refractivity contribution in [2.45, 2.75) is 18.9 Å². The maximum atomic E-state index is 14.0. The molecule has 96 valence electrons. The number of rotatable bonds is 1. The Labute approximate surface area is 109 Å². The highest BCUT2D eigenvalue weighted by Gasteiger charge is 2.21. The third kappa shape index (κ3) is 1.80. The highest BCUT2D eigenvalue weighted by atomic mass is 35.5. The van der Waals surface area contributed by atoms with Gasteiger partial charge < -0.3 is 9.88 Å². The van der Waals surface area contributed by atoms with Crippen LogP contribution >= 0.6 is 11.6 Å². The maximum Gasteiger partial charge on any atom is 0.184 e. The number of nitrogens with zero attached hydrogens (tertiary/aromatic N) is 1. The monoisotopic (exact) mass is 270 g/mol. The number of aromatic nitrogens is 1. The number of hydrogen-bond acceptors (Lipinski definition) is 1. The van der Waals surface area contributed by atoms with Crippen molar-refractivity contribution in [3.63, 3.8) is 0 Å². The molecule has 2 aromatic rings. The summed E-state index contributed by atoms with van der Waals surface area (Å²) >= 11 is 5.65. The Morgan fingerprint density at radius 3 is 2.89 bits per heavy atom. The van der Waals surface area contributed by atoms with Gasteiger partial charge in [0.25, 0.3) is 0 Å². The molecule has 1 aromatic carbocycles. The Morgan fingerprint density at radius 2 is 2.17 bits per heavy atom. The van der Waals surface area contributed by atoms with Gasteiger partial charge in [0.15, 0.2) is 11.6 Å². The second-order valence-corrected chi connectivity index (χ2v) is 5.05. The summed E-state index contributed by atoms with van der Waals surface area (Å²) in [7, 11) is 0. The van der Waals surface area contributed by atoms with Crippen LogP contribution in [0.25, 0.3) is 10.9 Å². The van der Waals surface area contributed by atoms with Crippen molar-refractivity contribution < 1.29 is 8.78 Å². The van der Waals surface area contributed by atoms with Crippen molar-refractivity contribution in [3.05, 3.63) is 35.0 Å². The molecule has 0 saturated carbocycles. The Bertz CT molecular complexity index is 588. The minimum Gasteiger partial charge on any atom is -0.341 e. The standard InChI is InChI=1S/C13H13ClF2N2/c14-10-6-8-3-5-18(9-2-1-4-17-7-9)13(8)12(16)11(10)15/h3,5-6,9,17H,1-2,4,7H2/t9-/m0/s1. The highest BCUT2D eigenvalue weighted by molar-refractivity contribution is 6.31. The van der Waals surface area contributed by atoms with E-state index in [4.69, 9.17) is 11.6 Å². The normalized spacial score (nSPS) is 20.5. The van der Waals surface area contributed by atoms with E-state index in [1.807, 2.05) is 4.57 Å². The summed E-state index contributed by atoms with van der Waals surface area (Å²) in [5.74, 6) is -1.82. The molecule has 1 N–H and O–H groups in total. The number of halogens is 3. The van der Waals surface area contributed by atoms with Crippen LogP contribution in [0.2, 0.25) is 5.02 Å². The van der Waals surface area contributed by atoms with E-state index >= 15 is 0 Å². The fraction of sp³-hybridized carbons (Fsp3) is 0.385. The smallest absolute Gasteiger partial charge is 0.184 e. The lowest BCUT2D eigenvalue weighted by Gasteiger charge is -2.25. The van der Waals surface area contributed by atoms with Gasteiger partial charge in [0, 0.05) is 24.2 Å². The molecule has 0 spiro atoms. The zero-order chi connectivity index (χ0) is 12.7. The average Bonchev–Trinajstić information content (AvgIpc) is 2.81. The summed E-state index contributed by atoms with van der Waals surface area (Å²) in [6.45, 7) is 1.77. The summed E-state index contributed by atoms with van der Waals surface area (Å²) < 4.78 is 29.4. The van der Waals surface area contributed by atoms with Gasteiger partial charge in [-0.2, -0.15) is 0 Å². The van der Waals surface area contributed by atoms with E-state index < -0.39 is 11.6 Å². The van der Waals surface area contributed by atoms with Crippen molar-refractivity contribution in [1.29, 1.82) is 0 Å². The van der Waals surface area contributed by atoms with Gasteiger partial charge in [-0.3, -0.25) is 0 Å². The Morgan fingerprint density at radius 1 is 1.33 bits per heavy atom. The lowest BCUT2D eigenvalue weighted by atomic mass is 10.1. The number of fused-ring (bicyclic) bond motifs is 1. The zero-order valence-electron chi connectivity index (χ0n) is 9.72. The molecule has 2 heterocycles. The second kappa shape index (κ2) is 4.52. The first kappa shape index (κ1) is 11.9. The van der Waals surface area contributed by atoms with Crippen molar-refractivity contribution in [2.24, 2.45) is 0 Å². The molecule has 3 rings (SSSR count). The van der Waals surface area contributed by atoms with Gasteiger partial charge >= 0.3 is 0 Å². The third-order valence-corrected chi connectivity index (χ3v) is 3.78. The first-order valence-electron chi connectivity index (χ1n) is 6.03. The summed E-state index contributed by atoms with van der Waals surface area (Å²) in [4.78, 5) is 0. The van der Waals surface area contributed by atoms with Crippen LogP contribution < -0.4 is 5.32 Å². The van der Waals surface area contributed by atoms with Crippen LogP contribution in [-0.2, 0) is 0 Å². The van der Waals surface area contributed by atoms with Gasteiger partial charge in [0.1, 0.15) is 0 Å². The molecule has 0 unspecified atom stereocenters. The van der Waals surface area contributed by atoms with Crippen molar-refractivity contribution in [1.82, 2.24) is 9.88 Å². The summed E-state index contributed by atoms with van der Waals surface area (Å²) in [5, 5.41) is 3.75. The van der Waals surface area contributed by atoms with Crippen LogP contribution in [0.1, 0.15) is 18.9 Å². The van der Waals surface area contributed by atoms with Crippen molar-refractivity contribution in [3.8, 4) is 0 Å². The number of hydrogen-bond donors (Lipinski definition) is 1. The molecule has 0 radical (unpaired) electrons. The molecule has 1 fully saturated rings. The lowest BCUT2D eigenvalue weighted by molar-refractivity contribution is 0.376. The van der Waals surface area contributed by atoms with Gasteiger partial charge in [-0.1, -0.05) is 11.6 Å². The lowest BCUT2D eigenvalue weighted by Crippen LogP contribution is -2.31. The topological polar surface area (TPSA) is 17.0 Å². The molecule has 5 heteroatoms. The van der Waals surface area contributed by atoms with Crippen LogP contribution in [-0.4, -0.2) is 17.7 Å². The molecule has 1 aliphatic rings. The van der Waals surface area contributed by atoms with Crippen LogP contribution in [0.5, 0.6) is 0 Å². The minimum atomic E-state index is -0.965. The van der Waals surface area contributed by atoms with Gasteiger partial charge in [-0.15, -0.1) is 0 Å². The van der Waals surface area contributed by atoms with Gasteiger partial charge in [0.05, 0.1) is 10.5 Å². The molecule has 2 nitrogen and oxygen atoms in total. The fourth-order valence-electron chi connectivity index (χ4n) is 2.60. The van der Waals surface area contributed by atoms with Gasteiger partial charge in [-0.25, -0.2) is 8.78 Å². The maximum absolute atomic E-state index is 14.0. The van der Waals surface area contributed by atoms with E-state index in [0.29, 0.717) is 10.9 Å². The number of piperidine rings is 1. The molecule has 1 aliphatic heterocycles. The van der Waals surface area contributed by atoms with E-state index in [0.717, 1.165) is 25.9 Å². The van der Waals surface area contributed by atoms with Crippen LogP contribution in [0, 0.1) is 11.6 Å². The predicted octanol–water partition coefficient (Wildman–Crippen LogP) is 3.50. The average molecular weight is 271 g/mol. The largest absolute Gasteiger partial charge is 0.341 e. The van der Waals surface area contributed by atoms with Crippen LogP contribution in [0.4, 0.5) is 8.78 Å². The first-order valence-corrected chi connectivity index (χ1v) is 6.41. The molecule has 0 aliphatic carbocycles. The zero-order valence-corrected chi connectivity index (χ0v) is 10.5.